The lowest BCUT2D eigenvalue weighted by molar-refractivity contribution is -0.139. The minimum absolute atomic E-state index is 0.00700. The van der Waals surface area contributed by atoms with Gasteiger partial charge in [-0.2, -0.15) is 4.31 Å². The molecule has 0 aromatic carbocycles. The summed E-state index contributed by atoms with van der Waals surface area (Å²) in [5, 5.41) is 0. The molecular formula is C18H32N2O3S. The van der Waals surface area contributed by atoms with Gasteiger partial charge in [-0.25, -0.2) is 8.42 Å². The van der Waals surface area contributed by atoms with E-state index in [2.05, 4.69) is 0 Å². The van der Waals surface area contributed by atoms with E-state index in [1.165, 1.54) is 19.3 Å². The number of sulfonamides is 1. The Balaban J connectivity index is 1.79. The molecule has 0 bridgehead atoms. The number of rotatable bonds is 3. The molecule has 0 N–H and O–H groups in total. The predicted octanol–water partition coefficient (Wildman–Crippen LogP) is 2.76. The Hall–Kier alpha value is -0.620. The van der Waals surface area contributed by atoms with Gasteiger partial charge in [0.1, 0.15) is 0 Å². The fourth-order valence-corrected chi connectivity index (χ4v) is 7.40. The average Bonchev–Trinajstić information content (AvgIpc) is 2.54. The minimum atomic E-state index is -3.24. The average molecular weight is 357 g/mol. The van der Waals surface area contributed by atoms with Crippen molar-refractivity contribution < 1.29 is 13.2 Å². The second-order valence-corrected chi connectivity index (χ2v) is 10.0. The van der Waals surface area contributed by atoms with Crippen molar-refractivity contribution in [3.8, 4) is 0 Å². The Labute approximate surface area is 146 Å². The van der Waals surface area contributed by atoms with E-state index in [1.54, 1.807) is 11.2 Å². The molecule has 3 fully saturated rings. The normalized spacial score (nSPS) is 33.2. The number of hydrogen-bond donors (Lipinski definition) is 0. The van der Waals surface area contributed by atoms with Gasteiger partial charge in [-0.05, 0) is 38.5 Å². The summed E-state index contributed by atoms with van der Waals surface area (Å²) >= 11 is 0. The molecule has 2 unspecified atom stereocenters. The van der Waals surface area contributed by atoms with E-state index in [9.17, 15) is 13.2 Å². The van der Waals surface area contributed by atoms with Crippen molar-refractivity contribution in [2.24, 2.45) is 5.92 Å². The van der Waals surface area contributed by atoms with Gasteiger partial charge in [0.25, 0.3) is 0 Å². The number of carbonyl (C=O) groups excluding carboxylic acids is 1. The molecule has 0 aromatic rings. The standard InChI is InChI=1S/C18H32N2O3S/c1-14-12-19(24(22,23)13-16-8-4-3-5-9-16)17-10-6-7-11-18(17)20(14)15(2)21/h14,16-18H,3-13H2,1-2H3/t14-,17?,18?/m0/s1. The Morgan fingerprint density at radius 1 is 0.958 bits per heavy atom. The third kappa shape index (κ3) is 3.64. The van der Waals surface area contributed by atoms with Gasteiger partial charge in [-0.1, -0.05) is 32.1 Å². The second kappa shape index (κ2) is 7.32. The molecule has 5 nitrogen and oxygen atoms in total. The van der Waals surface area contributed by atoms with Crippen LogP contribution in [0.2, 0.25) is 0 Å². The van der Waals surface area contributed by atoms with Crippen molar-refractivity contribution >= 4 is 15.9 Å². The van der Waals surface area contributed by atoms with Gasteiger partial charge < -0.3 is 4.90 Å². The highest BCUT2D eigenvalue weighted by atomic mass is 32.2. The lowest BCUT2D eigenvalue weighted by Gasteiger charge is -2.52. The number of amides is 1. The van der Waals surface area contributed by atoms with Gasteiger partial charge in [-0.15, -0.1) is 0 Å². The first-order valence-electron chi connectivity index (χ1n) is 9.68. The van der Waals surface area contributed by atoms with Crippen LogP contribution in [0.5, 0.6) is 0 Å². The van der Waals surface area contributed by atoms with Crippen molar-refractivity contribution in [3.05, 3.63) is 0 Å². The third-order valence-corrected chi connectivity index (χ3v) is 8.26. The van der Waals surface area contributed by atoms with Crippen molar-refractivity contribution in [2.45, 2.75) is 89.8 Å². The first kappa shape index (κ1) is 18.2. The number of carbonyl (C=O) groups is 1. The van der Waals surface area contributed by atoms with Crippen LogP contribution >= 0.6 is 0 Å². The van der Waals surface area contributed by atoms with Crippen LogP contribution in [0.15, 0.2) is 0 Å². The maximum Gasteiger partial charge on any atom is 0.220 e. The lowest BCUT2D eigenvalue weighted by Crippen LogP contribution is -2.66. The van der Waals surface area contributed by atoms with Crippen LogP contribution in [0.25, 0.3) is 0 Å². The zero-order valence-electron chi connectivity index (χ0n) is 15.1. The van der Waals surface area contributed by atoms with Crippen LogP contribution < -0.4 is 0 Å². The Morgan fingerprint density at radius 2 is 1.54 bits per heavy atom. The van der Waals surface area contributed by atoms with E-state index in [1.807, 2.05) is 11.8 Å². The largest absolute Gasteiger partial charge is 0.334 e. The molecule has 1 amide bonds. The molecule has 138 valence electrons. The van der Waals surface area contributed by atoms with E-state index in [0.717, 1.165) is 38.5 Å². The Morgan fingerprint density at radius 3 is 2.17 bits per heavy atom. The fraction of sp³-hybridized carbons (Fsp3) is 0.944. The third-order valence-electron chi connectivity index (χ3n) is 6.23. The summed E-state index contributed by atoms with van der Waals surface area (Å²) in [4.78, 5) is 14.1. The summed E-state index contributed by atoms with van der Waals surface area (Å²) in [5.41, 5.74) is 0. The smallest absolute Gasteiger partial charge is 0.220 e. The molecule has 3 rings (SSSR count). The molecular weight excluding hydrogens is 324 g/mol. The fourth-order valence-electron chi connectivity index (χ4n) is 5.17. The van der Waals surface area contributed by atoms with Gasteiger partial charge in [0.15, 0.2) is 0 Å². The monoisotopic (exact) mass is 356 g/mol. The van der Waals surface area contributed by atoms with Crippen LogP contribution in [-0.4, -0.2) is 54.0 Å². The zero-order chi connectivity index (χ0) is 17.3. The van der Waals surface area contributed by atoms with E-state index in [-0.39, 0.29) is 24.0 Å². The summed E-state index contributed by atoms with van der Waals surface area (Å²) in [7, 11) is -3.24. The highest BCUT2D eigenvalue weighted by molar-refractivity contribution is 7.89. The summed E-state index contributed by atoms with van der Waals surface area (Å²) < 4.78 is 28.1. The maximum absolute atomic E-state index is 13.2. The zero-order valence-corrected chi connectivity index (χ0v) is 15.9. The molecule has 1 aliphatic heterocycles. The molecule has 24 heavy (non-hydrogen) atoms. The second-order valence-electron chi connectivity index (χ2n) is 8.05. The van der Waals surface area contributed by atoms with Crippen LogP contribution in [0.1, 0.15) is 71.6 Å². The van der Waals surface area contributed by atoms with Crippen LogP contribution in [0.4, 0.5) is 0 Å². The van der Waals surface area contributed by atoms with Crippen molar-refractivity contribution in [2.75, 3.05) is 12.3 Å². The quantitative estimate of drug-likeness (QED) is 0.781. The Bertz CT molecular complexity index is 557. The first-order chi connectivity index (χ1) is 11.4. The molecule has 0 spiro atoms. The van der Waals surface area contributed by atoms with E-state index in [4.69, 9.17) is 0 Å². The van der Waals surface area contributed by atoms with Crippen LogP contribution in [0, 0.1) is 5.92 Å². The molecule has 1 heterocycles. The van der Waals surface area contributed by atoms with Gasteiger partial charge >= 0.3 is 0 Å². The number of hydrogen-bond acceptors (Lipinski definition) is 3. The summed E-state index contributed by atoms with van der Waals surface area (Å²) in [6.45, 7) is 4.08. The molecule has 3 atom stereocenters. The first-order valence-corrected chi connectivity index (χ1v) is 11.3. The number of fused-ring (bicyclic) bond motifs is 1. The van der Waals surface area contributed by atoms with E-state index < -0.39 is 10.0 Å². The van der Waals surface area contributed by atoms with Gasteiger partial charge in [0.2, 0.25) is 15.9 Å². The van der Waals surface area contributed by atoms with Gasteiger partial charge in [0.05, 0.1) is 5.75 Å². The number of piperazine rings is 1. The summed E-state index contributed by atoms with van der Waals surface area (Å²) in [6, 6.07) is 0.0385. The molecule has 3 aliphatic rings. The van der Waals surface area contributed by atoms with Crippen molar-refractivity contribution in [1.29, 1.82) is 0 Å². The minimum Gasteiger partial charge on any atom is -0.334 e. The van der Waals surface area contributed by atoms with Crippen LogP contribution in [-0.2, 0) is 14.8 Å². The van der Waals surface area contributed by atoms with Crippen molar-refractivity contribution in [1.82, 2.24) is 9.21 Å². The Kier molecular flexibility index (Phi) is 5.55. The molecule has 2 aliphatic carbocycles. The lowest BCUT2D eigenvalue weighted by atomic mass is 9.86. The van der Waals surface area contributed by atoms with Gasteiger partial charge in [0, 0.05) is 31.6 Å². The summed E-state index contributed by atoms with van der Waals surface area (Å²) in [6.07, 6.45) is 9.67. The summed E-state index contributed by atoms with van der Waals surface area (Å²) in [5.74, 6) is 0.721. The van der Waals surface area contributed by atoms with Gasteiger partial charge in [-0.3, -0.25) is 4.79 Å². The van der Waals surface area contributed by atoms with E-state index in [0.29, 0.717) is 18.2 Å². The highest BCUT2D eigenvalue weighted by Gasteiger charge is 2.46. The molecule has 6 heteroatoms. The van der Waals surface area contributed by atoms with Crippen molar-refractivity contribution in [3.63, 3.8) is 0 Å². The molecule has 1 saturated heterocycles. The number of nitrogens with zero attached hydrogens (tertiary/aromatic N) is 2. The topological polar surface area (TPSA) is 57.7 Å². The maximum atomic E-state index is 13.2. The molecule has 0 radical (unpaired) electrons. The molecule has 2 saturated carbocycles. The molecule has 0 aromatic heterocycles. The van der Waals surface area contributed by atoms with E-state index >= 15 is 0 Å². The van der Waals surface area contributed by atoms with Crippen LogP contribution in [0.3, 0.4) is 0 Å². The predicted molar refractivity (Wildman–Crippen MR) is 95.1 cm³/mol. The highest BCUT2D eigenvalue weighted by Crippen LogP contribution is 2.35. The SMILES string of the molecule is CC(=O)N1C2CCCCC2N(S(=O)(=O)CC2CCCCC2)C[C@@H]1C.